The summed E-state index contributed by atoms with van der Waals surface area (Å²) in [5, 5.41) is 8.72. The highest BCUT2D eigenvalue weighted by Gasteiger charge is 2.28. The number of morpholine rings is 1. The summed E-state index contributed by atoms with van der Waals surface area (Å²) < 4.78 is 32.5. The monoisotopic (exact) mass is 417 g/mol. The van der Waals surface area contributed by atoms with Gasteiger partial charge in [0.1, 0.15) is 0 Å². The highest BCUT2D eigenvalue weighted by molar-refractivity contribution is 7.88. The molecule has 2 aliphatic heterocycles. The van der Waals surface area contributed by atoms with Crippen LogP contribution in [0.1, 0.15) is 11.1 Å². The van der Waals surface area contributed by atoms with Gasteiger partial charge in [-0.05, 0) is 24.6 Å². The van der Waals surface area contributed by atoms with Gasteiger partial charge >= 0.3 is 0 Å². The molecule has 8 nitrogen and oxygen atoms in total. The smallest absolute Gasteiger partial charge is 0.218 e. The highest BCUT2D eigenvalue weighted by atomic mass is 32.2. The molecule has 0 spiro atoms. The fourth-order valence-electron chi connectivity index (χ4n) is 3.63. The summed E-state index contributed by atoms with van der Waals surface area (Å²) in [4.78, 5) is 4.25. The Hall–Kier alpha value is -2.23. The number of hydrogen-bond donors (Lipinski definition) is 0. The summed E-state index contributed by atoms with van der Waals surface area (Å²) in [7, 11) is -3.32. The second-order valence-corrected chi connectivity index (χ2v) is 9.45. The molecule has 1 aromatic heterocycles. The Balaban J connectivity index is 1.34. The van der Waals surface area contributed by atoms with Gasteiger partial charge in [-0.25, -0.2) is 8.42 Å². The van der Waals surface area contributed by atoms with E-state index >= 15 is 0 Å². The number of hydrogen-bond acceptors (Lipinski definition) is 7. The third kappa shape index (κ3) is 4.85. The Labute approximate surface area is 172 Å². The molecular formula is C20H27N5O3S. The Morgan fingerprint density at radius 3 is 1.93 bits per heavy atom. The molecule has 0 unspecified atom stereocenters. The minimum Gasteiger partial charge on any atom is -0.378 e. The molecule has 1 aromatic carbocycles. The molecule has 29 heavy (non-hydrogen) atoms. The molecule has 2 saturated heterocycles. The number of piperazine rings is 1. The lowest BCUT2D eigenvalue weighted by molar-refractivity contribution is 0.122. The van der Waals surface area contributed by atoms with Crippen LogP contribution in [-0.4, -0.2) is 75.4 Å². The van der Waals surface area contributed by atoms with Crippen LogP contribution in [0.2, 0.25) is 0 Å². The lowest BCUT2D eigenvalue weighted by atomic mass is 10.2. The number of benzene rings is 1. The molecule has 3 heterocycles. The first kappa shape index (κ1) is 20.1. The van der Waals surface area contributed by atoms with Gasteiger partial charge in [-0.2, -0.15) is 4.31 Å². The zero-order chi connectivity index (χ0) is 20.3. The van der Waals surface area contributed by atoms with Crippen molar-refractivity contribution in [3.05, 3.63) is 47.5 Å². The summed E-state index contributed by atoms with van der Waals surface area (Å²) in [5.74, 6) is 1.69. The first-order valence-corrected chi connectivity index (χ1v) is 11.6. The molecule has 2 fully saturated rings. The number of anilines is 2. The van der Waals surface area contributed by atoms with Crippen LogP contribution < -0.4 is 9.80 Å². The predicted octanol–water partition coefficient (Wildman–Crippen LogP) is 1.27. The molecule has 0 atom stereocenters. The lowest BCUT2D eigenvalue weighted by Gasteiger charge is -2.34. The van der Waals surface area contributed by atoms with Gasteiger partial charge in [-0.1, -0.05) is 29.8 Å². The topological polar surface area (TPSA) is 78.9 Å². The highest BCUT2D eigenvalue weighted by Crippen LogP contribution is 2.19. The van der Waals surface area contributed by atoms with Crippen molar-refractivity contribution in [2.45, 2.75) is 12.7 Å². The molecule has 9 heteroatoms. The number of ether oxygens (including phenoxy) is 1. The van der Waals surface area contributed by atoms with Crippen molar-refractivity contribution in [1.29, 1.82) is 0 Å². The Morgan fingerprint density at radius 1 is 0.828 bits per heavy atom. The van der Waals surface area contributed by atoms with E-state index in [0.717, 1.165) is 35.9 Å². The lowest BCUT2D eigenvalue weighted by Crippen LogP contribution is -2.49. The van der Waals surface area contributed by atoms with E-state index in [1.54, 1.807) is 4.31 Å². The van der Waals surface area contributed by atoms with E-state index in [1.807, 2.05) is 43.3 Å². The van der Waals surface area contributed by atoms with Crippen molar-refractivity contribution in [1.82, 2.24) is 14.5 Å². The van der Waals surface area contributed by atoms with Crippen LogP contribution in [0.3, 0.4) is 0 Å². The standard InChI is InChI=1S/C20H27N5O3S/c1-17-2-4-18(5-3-17)16-29(26,27)25-10-8-23(9-11-25)19-6-7-20(22-21-19)24-12-14-28-15-13-24/h2-7H,8-16H2,1H3. The molecule has 0 aliphatic carbocycles. The van der Waals surface area contributed by atoms with Crippen molar-refractivity contribution in [2.75, 3.05) is 62.3 Å². The maximum atomic E-state index is 12.8. The van der Waals surface area contributed by atoms with E-state index in [-0.39, 0.29) is 5.75 Å². The molecular weight excluding hydrogens is 390 g/mol. The molecule has 4 rings (SSSR count). The summed E-state index contributed by atoms with van der Waals surface area (Å²) in [6.07, 6.45) is 0. The van der Waals surface area contributed by atoms with Crippen LogP contribution in [0.25, 0.3) is 0 Å². The molecule has 0 N–H and O–H groups in total. The Morgan fingerprint density at radius 2 is 1.38 bits per heavy atom. The average Bonchev–Trinajstić information content (AvgIpc) is 2.76. The van der Waals surface area contributed by atoms with Gasteiger partial charge in [0.2, 0.25) is 10.0 Å². The maximum absolute atomic E-state index is 12.8. The van der Waals surface area contributed by atoms with Crippen LogP contribution in [0.4, 0.5) is 11.6 Å². The minimum absolute atomic E-state index is 0.0430. The van der Waals surface area contributed by atoms with E-state index in [2.05, 4.69) is 20.0 Å². The fraction of sp³-hybridized carbons (Fsp3) is 0.500. The number of rotatable bonds is 5. The summed E-state index contributed by atoms with van der Waals surface area (Å²) in [6, 6.07) is 11.6. The molecule has 0 radical (unpaired) electrons. The quantitative estimate of drug-likeness (QED) is 0.725. The van der Waals surface area contributed by atoms with Gasteiger partial charge in [0.05, 0.1) is 19.0 Å². The van der Waals surface area contributed by atoms with E-state index in [1.165, 1.54) is 0 Å². The van der Waals surface area contributed by atoms with E-state index in [4.69, 9.17) is 4.74 Å². The van der Waals surface area contributed by atoms with Crippen LogP contribution in [0.5, 0.6) is 0 Å². The summed E-state index contributed by atoms with van der Waals surface area (Å²) in [5.41, 5.74) is 1.95. The van der Waals surface area contributed by atoms with Crippen LogP contribution in [0, 0.1) is 6.92 Å². The predicted molar refractivity (Wildman–Crippen MR) is 113 cm³/mol. The number of aryl methyl sites for hydroxylation is 1. The number of aromatic nitrogens is 2. The van der Waals surface area contributed by atoms with E-state index in [0.29, 0.717) is 39.4 Å². The first-order chi connectivity index (χ1) is 14.0. The average molecular weight is 418 g/mol. The normalized spacial score (nSPS) is 18.8. The largest absolute Gasteiger partial charge is 0.378 e. The Bertz CT molecular complexity index is 904. The van der Waals surface area contributed by atoms with Gasteiger partial charge in [0.15, 0.2) is 11.6 Å². The van der Waals surface area contributed by atoms with Crippen molar-refractivity contribution >= 4 is 21.7 Å². The SMILES string of the molecule is Cc1ccc(CS(=O)(=O)N2CCN(c3ccc(N4CCOCC4)nn3)CC2)cc1. The minimum atomic E-state index is -3.32. The van der Waals surface area contributed by atoms with Crippen molar-refractivity contribution in [3.8, 4) is 0 Å². The second kappa shape index (κ2) is 8.64. The van der Waals surface area contributed by atoms with Crippen molar-refractivity contribution < 1.29 is 13.2 Å². The Kier molecular flexibility index (Phi) is 5.98. The van der Waals surface area contributed by atoms with Crippen LogP contribution >= 0.6 is 0 Å². The van der Waals surface area contributed by atoms with Gasteiger partial charge in [0.25, 0.3) is 0 Å². The zero-order valence-corrected chi connectivity index (χ0v) is 17.5. The zero-order valence-electron chi connectivity index (χ0n) is 16.7. The van der Waals surface area contributed by atoms with Gasteiger partial charge in [0, 0.05) is 39.3 Å². The molecule has 0 saturated carbocycles. The van der Waals surface area contributed by atoms with E-state index < -0.39 is 10.0 Å². The molecule has 0 amide bonds. The number of nitrogens with zero attached hydrogens (tertiary/aromatic N) is 5. The summed E-state index contributed by atoms with van der Waals surface area (Å²) in [6.45, 7) is 7.20. The van der Waals surface area contributed by atoms with Crippen LogP contribution in [0.15, 0.2) is 36.4 Å². The van der Waals surface area contributed by atoms with E-state index in [9.17, 15) is 8.42 Å². The third-order valence-electron chi connectivity index (χ3n) is 5.40. The van der Waals surface area contributed by atoms with Crippen molar-refractivity contribution in [2.24, 2.45) is 0 Å². The fourth-order valence-corrected chi connectivity index (χ4v) is 5.15. The van der Waals surface area contributed by atoms with Gasteiger partial charge in [-0.15, -0.1) is 10.2 Å². The third-order valence-corrected chi connectivity index (χ3v) is 7.25. The molecule has 0 bridgehead atoms. The van der Waals surface area contributed by atoms with Crippen molar-refractivity contribution in [3.63, 3.8) is 0 Å². The maximum Gasteiger partial charge on any atom is 0.218 e. The first-order valence-electron chi connectivity index (χ1n) is 9.96. The number of sulfonamides is 1. The molecule has 2 aromatic rings. The van der Waals surface area contributed by atoms with Gasteiger partial charge in [-0.3, -0.25) is 0 Å². The van der Waals surface area contributed by atoms with Crippen LogP contribution in [-0.2, 0) is 20.5 Å². The van der Waals surface area contributed by atoms with Gasteiger partial charge < -0.3 is 14.5 Å². The molecule has 2 aliphatic rings. The summed E-state index contributed by atoms with van der Waals surface area (Å²) >= 11 is 0. The molecule has 156 valence electrons. The second-order valence-electron chi connectivity index (χ2n) is 7.48.